The van der Waals surface area contributed by atoms with Crippen molar-refractivity contribution < 1.29 is 29.0 Å². The highest BCUT2D eigenvalue weighted by molar-refractivity contribution is 5.89. The molecule has 0 saturated heterocycles. The molecule has 1 aromatic carbocycles. The Morgan fingerprint density at radius 3 is 2.36 bits per heavy atom. The minimum atomic E-state index is -1.18. The van der Waals surface area contributed by atoms with E-state index < -0.39 is 36.7 Å². The quantitative estimate of drug-likeness (QED) is 0.565. The number of methoxy groups -OCH3 is 1. The van der Waals surface area contributed by atoms with Crippen LogP contribution in [0, 0.1) is 0 Å². The molecule has 0 aliphatic carbocycles. The molecule has 8 nitrogen and oxygen atoms in total. The van der Waals surface area contributed by atoms with Crippen molar-refractivity contribution >= 4 is 18.0 Å². The smallest absolute Gasteiger partial charge is 0.408 e. The van der Waals surface area contributed by atoms with Gasteiger partial charge in [0.05, 0.1) is 13.7 Å². The number of aliphatic hydroxyl groups is 1. The first-order chi connectivity index (χ1) is 12.0. The third kappa shape index (κ3) is 7.21. The van der Waals surface area contributed by atoms with Crippen LogP contribution in [-0.2, 0) is 25.7 Å². The molecule has 0 aromatic heterocycles. The summed E-state index contributed by atoms with van der Waals surface area (Å²) in [6.45, 7) is 1.32. The second-order valence-electron chi connectivity index (χ2n) is 5.31. The average molecular weight is 352 g/mol. The van der Waals surface area contributed by atoms with E-state index in [1.54, 1.807) is 0 Å². The summed E-state index contributed by atoms with van der Waals surface area (Å²) in [6, 6.07) is 7.06. The predicted molar refractivity (Wildman–Crippen MR) is 89.5 cm³/mol. The fourth-order valence-electron chi connectivity index (χ4n) is 2.06. The van der Waals surface area contributed by atoms with Gasteiger partial charge in [0.2, 0.25) is 5.91 Å². The van der Waals surface area contributed by atoms with Crippen molar-refractivity contribution in [3.05, 3.63) is 35.9 Å². The number of amides is 2. The fraction of sp³-hybridized carbons (Fsp3) is 0.471. The van der Waals surface area contributed by atoms with Crippen molar-refractivity contribution in [3.8, 4) is 0 Å². The molecule has 0 spiro atoms. The van der Waals surface area contributed by atoms with Gasteiger partial charge in [-0.15, -0.1) is 0 Å². The maximum absolute atomic E-state index is 12.2. The summed E-state index contributed by atoms with van der Waals surface area (Å²) in [4.78, 5) is 35.6. The summed E-state index contributed by atoms with van der Waals surface area (Å²) in [5, 5.41) is 14.0. The number of ether oxygens (including phenoxy) is 2. The van der Waals surface area contributed by atoms with E-state index in [-0.39, 0.29) is 6.61 Å². The first-order valence-electron chi connectivity index (χ1n) is 7.98. The number of nitrogens with one attached hydrogen (secondary N) is 2. The molecule has 1 unspecified atom stereocenters. The summed E-state index contributed by atoms with van der Waals surface area (Å²) < 4.78 is 9.57. The number of aliphatic hydroxyl groups excluding tert-OH is 1. The van der Waals surface area contributed by atoms with Gasteiger partial charge in [-0.25, -0.2) is 9.59 Å². The molecule has 1 aromatic rings. The average Bonchev–Trinajstić information content (AvgIpc) is 2.64. The van der Waals surface area contributed by atoms with E-state index in [0.29, 0.717) is 12.8 Å². The van der Waals surface area contributed by atoms with Crippen LogP contribution in [0.5, 0.6) is 0 Å². The van der Waals surface area contributed by atoms with Gasteiger partial charge in [0.25, 0.3) is 0 Å². The molecule has 0 saturated carbocycles. The first-order valence-corrected chi connectivity index (χ1v) is 7.98. The Kier molecular flexibility index (Phi) is 9.02. The molecule has 0 aliphatic rings. The molecule has 1 rings (SSSR count). The number of alkyl carbamates (subject to hydrolysis) is 1. The number of carbonyl (C=O) groups is 3. The van der Waals surface area contributed by atoms with Crippen LogP contribution in [0.3, 0.4) is 0 Å². The molecule has 138 valence electrons. The van der Waals surface area contributed by atoms with E-state index >= 15 is 0 Å². The van der Waals surface area contributed by atoms with E-state index in [1.807, 2.05) is 37.3 Å². The van der Waals surface area contributed by atoms with E-state index in [9.17, 15) is 14.4 Å². The Bertz CT molecular complexity index is 564. The monoisotopic (exact) mass is 352 g/mol. The SMILES string of the molecule is CCC[C@H](NC(=O)OCc1ccccc1)C(=O)NC(CO)C(=O)OC. The van der Waals surface area contributed by atoms with E-state index in [1.165, 1.54) is 0 Å². The minimum Gasteiger partial charge on any atom is -0.467 e. The topological polar surface area (TPSA) is 114 Å². The van der Waals surface area contributed by atoms with Gasteiger partial charge < -0.3 is 25.2 Å². The molecule has 0 fully saturated rings. The molecule has 8 heteroatoms. The molecule has 2 atom stereocenters. The van der Waals surface area contributed by atoms with Crippen LogP contribution < -0.4 is 10.6 Å². The molecule has 0 heterocycles. The molecule has 2 amide bonds. The van der Waals surface area contributed by atoms with Gasteiger partial charge in [-0.05, 0) is 12.0 Å². The van der Waals surface area contributed by atoms with Crippen molar-refractivity contribution in [2.24, 2.45) is 0 Å². The van der Waals surface area contributed by atoms with E-state index in [0.717, 1.165) is 12.7 Å². The lowest BCUT2D eigenvalue weighted by Gasteiger charge is -2.20. The molecular formula is C17H24N2O6. The zero-order valence-electron chi connectivity index (χ0n) is 14.4. The van der Waals surface area contributed by atoms with E-state index in [4.69, 9.17) is 9.84 Å². The second-order valence-corrected chi connectivity index (χ2v) is 5.31. The van der Waals surface area contributed by atoms with Gasteiger partial charge in [0, 0.05) is 0 Å². The normalized spacial score (nSPS) is 12.6. The van der Waals surface area contributed by atoms with Gasteiger partial charge >= 0.3 is 12.1 Å². The summed E-state index contributed by atoms with van der Waals surface area (Å²) in [5.74, 6) is -1.36. The zero-order chi connectivity index (χ0) is 18.7. The van der Waals surface area contributed by atoms with E-state index in [2.05, 4.69) is 15.4 Å². The van der Waals surface area contributed by atoms with Crippen LogP contribution in [0.15, 0.2) is 30.3 Å². The summed E-state index contributed by atoms with van der Waals surface area (Å²) in [5.41, 5.74) is 0.820. The predicted octanol–water partition coefficient (Wildman–Crippen LogP) is 0.732. The Hall–Kier alpha value is -2.61. The van der Waals surface area contributed by atoms with Crippen molar-refractivity contribution in [3.63, 3.8) is 0 Å². The van der Waals surface area contributed by atoms with Crippen molar-refractivity contribution in [1.82, 2.24) is 10.6 Å². The lowest BCUT2D eigenvalue weighted by atomic mass is 10.1. The number of carbonyl (C=O) groups excluding carboxylic acids is 3. The Morgan fingerprint density at radius 2 is 1.80 bits per heavy atom. The first kappa shape index (κ1) is 20.4. The van der Waals surface area contributed by atoms with Gasteiger partial charge in [0.15, 0.2) is 6.04 Å². The van der Waals surface area contributed by atoms with Crippen LogP contribution in [-0.4, -0.2) is 48.9 Å². The lowest BCUT2D eigenvalue weighted by Crippen LogP contribution is -2.53. The number of hydrogen-bond donors (Lipinski definition) is 3. The number of rotatable bonds is 9. The summed E-state index contributed by atoms with van der Waals surface area (Å²) >= 11 is 0. The molecule has 3 N–H and O–H groups in total. The summed E-state index contributed by atoms with van der Waals surface area (Å²) in [6.07, 6.45) is 0.237. The molecule has 25 heavy (non-hydrogen) atoms. The van der Waals surface area contributed by atoms with Gasteiger partial charge in [-0.3, -0.25) is 4.79 Å². The maximum atomic E-state index is 12.2. The lowest BCUT2D eigenvalue weighted by molar-refractivity contribution is -0.146. The van der Waals surface area contributed by atoms with Gasteiger partial charge in [-0.2, -0.15) is 0 Å². The maximum Gasteiger partial charge on any atom is 0.408 e. The Balaban J connectivity index is 2.57. The zero-order valence-corrected chi connectivity index (χ0v) is 14.4. The van der Waals surface area contributed by atoms with Crippen LogP contribution in [0.4, 0.5) is 4.79 Å². The number of esters is 1. The van der Waals surface area contributed by atoms with Crippen molar-refractivity contribution in [2.45, 2.75) is 38.5 Å². The second kappa shape index (κ2) is 11.0. The van der Waals surface area contributed by atoms with Gasteiger partial charge in [-0.1, -0.05) is 43.7 Å². The third-order valence-electron chi connectivity index (χ3n) is 3.38. The minimum absolute atomic E-state index is 0.0779. The number of benzene rings is 1. The fourth-order valence-corrected chi connectivity index (χ4v) is 2.06. The van der Waals surface area contributed by atoms with Gasteiger partial charge in [0.1, 0.15) is 12.6 Å². The molecule has 0 aliphatic heterocycles. The van der Waals surface area contributed by atoms with Crippen LogP contribution in [0.2, 0.25) is 0 Å². The Morgan fingerprint density at radius 1 is 1.12 bits per heavy atom. The highest BCUT2D eigenvalue weighted by Gasteiger charge is 2.26. The van der Waals surface area contributed by atoms with Crippen LogP contribution >= 0.6 is 0 Å². The molecular weight excluding hydrogens is 328 g/mol. The van der Waals surface area contributed by atoms with Crippen LogP contribution in [0.25, 0.3) is 0 Å². The highest BCUT2D eigenvalue weighted by Crippen LogP contribution is 2.03. The van der Waals surface area contributed by atoms with Crippen LogP contribution in [0.1, 0.15) is 25.3 Å². The number of hydrogen-bond acceptors (Lipinski definition) is 6. The highest BCUT2D eigenvalue weighted by atomic mass is 16.5. The Labute approximate surface area is 146 Å². The third-order valence-corrected chi connectivity index (χ3v) is 3.38. The largest absolute Gasteiger partial charge is 0.467 e. The standard InChI is InChI=1S/C17H24N2O6/c1-3-7-13(15(21)18-14(10-20)16(22)24-2)19-17(23)25-11-12-8-5-4-6-9-12/h4-6,8-9,13-14,20H,3,7,10-11H2,1-2H3,(H,18,21)(H,19,23)/t13-,14?/m0/s1. The van der Waals surface area contributed by atoms with Crippen molar-refractivity contribution in [2.75, 3.05) is 13.7 Å². The summed E-state index contributed by atoms with van der Waals surface area (Å²) in [7, 11) is 1.15. The van der Waals surface area contributed by atoms with Crippen molar-refractivity contribution in [1.29, 1.82) is 0 Å². The molecule has 0 bridgehead atoms. The molecule has 0 radical (unpaired) electrons.